The summed E-state index contributed by atoms with van der Waals surface area (Å²) in [6, 6.07) is 6.85. The Morgan fingerprint density at radius 1 is 1.07 bits per heavy atom. The summed E-state index contributed by atoms with van der Waals surface area (Å²) in [6.07, 6.45) is -2.78. The number of anilines is 1. The number of aromatic nitrogens is 4. The minimum absolute atomic E-state index is 0.0194. The average molecular weight is 638 g/mol. The van der Waals surface area contributed by atoms with Crippen LogP contribution in [0.1, 0.15) is 46.8 Å². The molecule has 1 aromatic carbocycles. The van der Waals surface area contributed by atoms with E-state index in [2.05, 4.69) is 20.4 Å². The lowest BCUT2D eigenvalue weighted by Gasteiger charge is -2.35. The maximum absolute atomic E-state index is 14.3. The van der Waals surface area contributed by atoms with Gasteiger partial charge >= 0.3 is 6.18 Å². The standard InChI is InChI=1S/C31H27F4N7O4/c1-2-46-19-8-23(31(33,34)35)27(36-10-19)21-9-25(40-14-18(32)15-40)38-28-22(21)11-37-42(28)12-16-3-4-20-17(7-16)13-41(30(20)45)24-5-6-26(43)39-29(24)44/h3-4,7-11,18,24H,2,5-6,12-15H2,1H3,(H,39,43,44)/t24-/m0/s1. The Bertz CT molecular complexity index is 1900. The molecule has 3 aromatic heterocycles. The molecule has 11 nitrogen and oxygen atoms in total. The van der Waals surface area contributed by atoms with E-state index in [4.69, 9.17) is 4.74 Å². The highest BCUT2D eigenvalue weighted by Gasteiger charge is 2.40. The zero-order chi connectivity index (χ0) is 32.3. The molecule has 0 radical (unpaired) electrons. The minimum Gasteiger partial charge on any atom is -0.492 e. The third kappa shape index (κ3) is 5.18. The van der Waals surface area contributed by atoms with Crippen LogP contribution in [-0.2, 0) is 28.9 Å². The largest absolute Gasteiger partial charge is 0.492 e. The van der Waals surface area contributed by atoms with Crippen molar-refractivity contribution in [3.8, 4) is 17.0 Å². The van der Waals surface area contributed by atoms with Crippen molar-refractivity contribution in [2.24, 2.45) is 0 Å². The van der Waals surface area contributed by atoms with E-state index in [0.29, 0.717) is 22.3 Å². The summed E-state index contributed by atoms with van der Waals surface area (Å²) in [4.78, 5) is 49.0. The number of fused-ring (bicyclic) bond motifs is 2. The van der Waals surface area contributed by atoms with Crippen molar-refractivity contribution in [1.29, 1.82) is 0 Å². The number of hydrogen-bond donors (Lipinski definition) is 1. The number of imide groups is 1. The van der Waals surface area contributed by atoms with Gasteiger partial charge in [0, 0.05) is 29.5 Å². The third-order valence-corrected chi connectivity index (χ3v) is 8.41. The Labute approximate surface area is 259 Å². The quantitative estimate of drug-likeness (QED) is 0.240. The summed E-state index contributed by atoms with van der Waals surface area (Å²) in [7, 11) is 0. The fourth-order valence-electron chi connectivity index (χ4n) is 6.14. The number of nitrogens with one attached hydrogen (secondary N) is 1. The van der Waals surface area contributed by atoms with E-state index in [1.165, 1.54) is 28.0 Å². The van der Waals surface area contributed by atoms with E-state index >= 15 is 0 Å². The number of hydrogen-bond acceptors (Lipinski definition) is 8. The number of amides is 3. The molecule has 0 spiro atoms. The molecule has 0 aliphatic carbocycles. The first-order valence-corrected chi connectivity index (χ1v) is 14.7. The van der Waals surface area contributed by atoms with Gasteiger partial charge in [0.1, 0.15) is 23.8 Å². The minimum atomic E-state index is -4.74. The van der Waals surface area contributed by atoms with Gasteiger partial charge in [-0.2, -0.15) is 18.3 Å². The molecule has 4 aromatic rings. The summed E-state index contributed by atoms with van der Waals surface area (Å²) in [5.74, 6) is -0.906. The topological polar surface area (TPSA) is 123 Å². The van der Waals surface area contributed by atoms with Gasteiger partial charge in [-0.15, -0.1) is 0 Å². The molecule has 0 bridgehead atoms. The highest BCUT2D eigenvalue weighted by atomic mass is 19.4. The highest BCUT2D eigenvalue weighted by molar-refractivity contribution is 6.05. The molecule has 238 valence electrons. The number of rotatable bonds is 7. The van der Waals surface area contributed by atoms with Gasteiger partial charge in [0.05, 0.1) is 49.9 Å². The van der Waals surface area contributed by atoms with Gasteiger partial charge in [-0.1, -0.05) is 12.1 Å². The van der Waals surface area contributed by atoms with Crippen LogP contribution < -0.4 is 15.0 Å². The molecule has 46 heavy (non-hydrogen) atoms. The van der Waals surface area contributed by atoms with Gasteiger partial charge in [-0.25, -0.2) is 14.1 Å². The number of piperidine rings is 1. The second kappa shape index (κ2) is 11.1. The molecule has 15 heteroatoms. The maximum Gasteiger partial charge on any atom is 0.418 e. The number of alkyl halides is 4. The van der Waals surface area contributed by atoms with E-state index < -0.39 is 29.9 Å². The van der Waals surface area contributed by atoms with Crippen LogP contribution in [0.5, 0.6) is 5.75 Å². The van der Waals surface area contributed by atoms with Crippen LogP contribution in [0.15, 0.2) is 42.7 Å². The normalized spacial score (nSPS) is 18.6. The lowest BCUT2D eigenvalue weighted by atomic mass is 10.0. The first kappa shape index (κ1) is 29.6. The number of carbonyl (C=O) groups is 3. The number of pyridine rings is 2. The summed E-state index contributed by atoms with van der Waals surface area (Å²) >= 11 is 0. The van der Waals surface area contributed by atoms with Crippen molar-refractivity contribution in [3.05, 3.63) is 65.0 Å². The summed E-state index contributed by atoms with van der Waals surface area (Å²) in [6.45, 7) is 2.28. The summed E-state index contributed by atoms with van der Waals surface area (Å²) in [5, 5.41) is 7.06. The molecule has 1 N–H and O–H groups in total. The van der Waals surface area contributed by atoms with Crippen LogP contribution in [0.25, 0.3) is 22.3 Å². The van der Waals surface area contributed by atoms with Gasteiger partial charge in [0.15, 0.2) is 5.65 Å². The van der Waals surface area contributed by atoms with E-state index in [9.17, 15) is 31.9 Å². The molecule has 1 atom stereocenters. The zero-order valence-corrected chi connectivity index (χ0v) is 24.5. The predicted octanol–water partition coefficient (Wildman–Crippen LogP) is 3.88. The van der Waals surface area contributed by atoms with Gasteiger partial charge < -0.3 is 14.5 Å². The molecular weight excluding hydrogens is 610 g/mol. The van der Waals surface area contributed by atoms with Crippen LogP contribution in [-0.4, -0.2) is 74.3 Å². The monoisotopic (exact) mass is 637 g/mol. The van der Waals surface area contributed by atoms with Crippen LogP contribution in [0.2, 0.25) is 0 Å². The summed E-state index contributed by atoms with van der Waals surface area (Å²) < 4.78 is 63.5. The molecule has 2 saturated heterocycles. The zero-order valence-electron chi connectivity index (χ0n) is 24.5. The first-order chi connectivity index (χ1) is 22.0. The van der Waals surface area contributed by atoms with Crippen molar-refractivity contribution >= 4 is 34.6 Å². The van der Waals surface area contributed by atoms with Crippen LogP contribution in [0.3, 0.4) is 0 Å². The summed E-state index contributed by atoms with van der Waals surface area (Å²) in [5.41, 5.74) is 0.982. The second-order valence-electron chi connectivity index (χ2n) is 11.5. The van der Waals surface area contributed by atoms with Crippen molar-refractivity contribution in [1.82, 2.24) is 30.0 Å². The second-order valence-corrected chi connectivity index (χ2v) is 11.5. The number of benzene rings is 1. The predicted molar refractivity (Wildman–Crippen MR) is 156 cm³/mol. The third-order valence-electron chi connectivity index (χ3n) is 8.41. The molecule has 3 aliphatic heterocycles. The van der Waals surface area contributed by atoms with Crippen molar-refractivity contribution in [3.63, 3.8) is 0 Å². The van der Waals surface area contributed by atoms with Gasteiger partial charge in [0.2, 0.25) is 11.8 Å². The molecular formula is C31H27F4N7O4. The average Bonchev–Trinajstić information content (AvgIpc) is 3.55. The van der Waals surface area contributed by atoms with E-state index in [1.54, 1.807) is 24.0 Å². The van der Waals surface area contributed by atoms with Gasteiger partial charge in [-0.3, -0.25) is 24.7 Å². The van der Waals surface area contributed by atoms with Gasteiger partial charge in [-0.05, 0) is 42.7 Å². The smallest absolute Gasteiger partial charge is 0.418 e. The maximum atomic E-state index is 14.3. The van der Waals surface area contributed by atoms with Crippen molar-refractivity contribution in [2.75, 3.05) is 24.6 Å². The Morgan fingerprint density at radius 2 is 1.87 bits per heavy atom. The Morgan fingerprint density at radius 3 is 2.59 bits per heavy atom. The highest BCUT2D eigenvalue weighted by Crippen LogP contribution is 2.41. The van der Waals surface area contributed by atoms with Crippen LogP contribution >= 0.6 is 0 Å². The molecule has 7 rings (SSSR count). The lowest BCUT2D eigenvalue weighted by molar-refractivity contribution is -0.138. The Kier molecular flexibility index (Phi) is 7.13. The van der Waals surface area contributed by atoms with E-state index in [-0.39, 0.29) is 80.1 Å². The number of halogens is 4. The fourth-order valence-corrected chi connectivity index (χ4v) is 6.14. The van der Waals surface area contributed by atoms with Crippen molar-refractivity contribution in [2.45, 2.75) is 51.2 Å². The van der Waals surface area contributed by atoms with Gasteiger partial charge in [0.25, 0.3) is 5.91 Å². The molecule has 0 saturated carbocycles. The SMILES string of the molecule is CCOc1cnc(-c2cc(N3CC(F)C3)nc3c2cnn3Cc2ccc3c(c2)CN([C@H]2CCC(=O)NC2=O)C3=O)c(C(F)(F)F)c1. The first-order valence-electron chi connectivity index (χ1n) is 14.7. The number of ether oxygens (including phenoxy) is 1. The molecule has 0 unspecified atom stereocenters. The Balaban J connectivity index is 1.25. The van der Waals surface area contributed by atoms with Crippen LogP contribution in [0, 0.1) is 0 Å². The number of carbonyl (C=O) groups excluding carboxylic acids is 3. The van der Waals surface area contributed by atoms with E-state index in [1.807, 2.05) is 6.07 Å². The molecule has 3 aliphatic rings. The molecule has 2 fully saturated rings. The molecule has 6 heterocycles. The van der Waals surface area contributed by atoms with Crippen molar-refractivity contribution < 1.29 is 36.7 Å². The molecule has 3 amide bonds. The lowest BCUT2D eigenvalue weighted by Crippen LogP contribution is -2.52. The number of nitrogens with zero attached hydrogens (tertiary/aromatic N) is 6. The fraction of sp³-hybridized carbons (Fsp3) is 0.355. The Hall–Kier alpha value is -5.08. The van der Waals surface area contributed by atoms with Crippen LogP contribution in [0.4, 0.5) is 23.4 Å². The van der Waals surface area contributed by atoms with E-state index in [0.717, 1.165) is 11.6 Å².